The van der Waals surface area contributed by atoms with Crippen LogP contribution in [0.4, 0.5) is 0 Å². The summed E-state index contributed by atoms with van der Waals surface area (Å²) >= 11 is 0. The molecule has 0 unspecified atom stereocenters. The monoisotopic (exact) mass is 286 g/mol. The zero-order chi connectivity index (χ0) is 14.8. The van der Waals surface area contributed by atoms with Crippen LogP contribution in [0.1, 0.15) is 33.6 Å². The van der Waals surface area contributed by atoms with Crippen LogP contribution in [0.2, 0.25) is 18.1 Å². The van der Waals surface area contributed by atoms with E-state index in [1.807, 2.05) is 0 Å². The highest BCUT2D eigenvalue weighted by atomic mass is 28.4. The quantitative estimate of drug-likeness (QED) is 0.640. The number of aliphatic hydroxyl groups is 1. The predicted octanol–water partition coefficient (Wildman–Crippen LogP) is 2.63. The number of carbonyl (C=O) groups is 1. The fourth-order valence-corrected chi connectivity index (χ4v) is 3.30. The molecule has 0 saturated heterocycles. The van der Waals surface area contributed by atoms with Gasteiger partial charge in [0.2, 0.25) is 0 Å². The molecule has 0 heterocycles. The van der Waals surface area contributed by atoms with Crippen LogP contribution in [0.25, 0.3) is 0 Å². The Morgan fingerprint density at radius 1 is 1.42 bits per heavy atom. The van der Waals surface area contributed by atoms with E-state index in [4.69, 9.17) is 9.16 Å². The second-order valence-electron chi connectivity index (χ2n) is 6.69. The first-order valence-electron chi connectivity index (χ1n) is 6.71. The van der Waals surface area contributed by atoms with Crippen molar-refractivity contribution in [3.63, 3.8) is 0 Å². The Balaban J connectivity index is 2.78. The standard InChI is InChI=1S/C14H26O4Si/c1-14(2,3)19(5,6)18-12-8-10(13(16)17-4)7-11(15)9-12/h7,11-12,15H,8-9H2,1-6H3/t11-,12+/m0/s1. The summed E-state index contributed by atoms with van der Waals surface area (Å²) < 4.78 is 11.0. The van der Waals surface area contributed by atoms with Gasteiger partial charge in [0.1, 0.15) is 0 Å². The largest absolute Gasteiger partial charge is 0.466 e. The predicted molar refractivity (Wildman–Crippen MR) is 77.4 cm³/mol. The summed E-state index contributed by atoms with van der Waals surface area (Å²) in [5.41, 5.74) is 0.518. The van der Waals surface area contributed by atoms with Crippen LogP contribution in [0, 0.1) is 0 Å². The van der Waals surface area contributed by atoms with Gasteiger partial charge in [0.15, 0.2) is 8.32 Å². The van der Waals surface area contributed by atoms with Gasteiger partial charge >= 0.3 is 5.97 Å². The summed E-state index contributed by atoms with van der Waals surface area (Å²) in [6.45, 7) is 10.9. The van der Waals surface area contributed by atoms with Crippen LogP contribution >= 0.6 is 0 Å². The van der Waals surface area contributed by atoms with Crippen LogP contribution in [-0.2, 0) is 14.0 Å². The Morgan fingerprint density at radius 3 is 2.47 bits per heavy atom. The van der Waals surface area contributed by atoms with E-state index in [1.54, 1.807) is 6.08 Å². The first kappa shape index (κ1) is 16.4. The fourth-order valence-electron chi connectivity index (χ4n) is 1.93. The molecule has 0 aromatic heterocycles. The molecule has 2 atom stereocenters. The van der Waals surface area contributed by atoms with E-state index in [1.165, 1.54) is 7.11 Å². The second-order valence-corrected chi connectivity index (χ2v) is 11.4. The number of carbonyl (C=O) groups excluding carboxylic acids is 1. The number of aliphatic hydroxyl groups excluding tert-OH is 1. The molecule has 1 rings (SSSR count). The fraction of sp³-hybridized carbons (Fsp3) is 0.786. The van der Waals surface area contributed by atoms with Gasteiger partial charge in [0.05, 0.1) is 19.3 Å². The van der Waals surface area contributed by atoms with E-state index in [0.717, 1.165) is 0 Å². The molecule has 1 aliphatic carbocycles. The Morgan fingerprint density at radius 2 is 2.00 bits per heavy atom. The van der Waals surface area contributed by atoms with E-state index in [-0.39, 0.29) is 17.1 Å². The second kappa shape index (κ2) is 5.77. The highest BCUT2D eigenvalue weighted by molar-refractivity contribution is 6.74. The molecule has 0 saturated carbocycles. The molecule has 0 aromatic carbocycles. The summed E-state index contributed by atoms with van der Waals surface area (Å²) in [6.07, 6.45) is 1.92. The van der Waals surface area contributed by atoms with E-state index in [9.17, 15) is 9.90 Å². The van der Waals surface area contributed by atoms with Crippen molar-refractivity contribution in [2.45, 2.75) is 64.0 Å². The van der Waals surface area contributed by atoms with Gasteiger partial charge in [-0.3, -0.25) is 0 Å². The van der Waals surface area contributed by atoms with Gasteiger partial charge in [-0.1, -0.05) is 20.8 Å². The van der Waals surface area contributed by atoms with E-state index in [0.29, 0.717) is 18.4 Å². The maximum Gasteiger partial charge on any atom is 0.333 e. The van der Waals surface area contributed by atoms with Gasteiger partial charge < -0.3 is 14.3 Å². The van der Waals surface area contributed by atoms with Gasteiger partial charge in [0, 0.05) is 18.4 Å². The third-order valence-electron chi connectivity index (χ3n) is 4.06. The minimum atomic E-state index is -1.89. The molecule has 4 nitrogen and oxygen atoms in total. The maximum atomic E-state index is 11.6. The van der Waals surface area contributed by atoms with Crippen LogP contribution in [0.5, 0.6) is 0 Å². The number of rotatable bonds is 3. The summed E-state index contributed by atoms with van der Waals surface area (Å²) in [5.74, 6) is -0.373. The molecular formula is C14H26O4Si. The third-order valence-corrected chi connectivity index (χ3v) is 8.60. The number of hydrogen-bond acceptors (Lipinski definition) is 4. The molecule has 19 heavy (non-hydrogen) atoms. The number of ether oxygens (including phenoxy) is 1. The molecule has 0 aliphatic heterocycles. The van der Waals surface area contributed by atoms with Gasteiger partial charge in [-0.15, -0.1) is 0 Å². The van der Waals surface area contributed by atoms with Crippen LogP contribution in [0.15, 0.2) is 11.6 Å². The third kappa shape index (κ3) is 4.16. The Hall–Kier alpha value is -0.653. The minimum Gasteiger partial charge on any atom is -0.466 e. The Labute approximate surface area is 116 Å². The molecule has 0 amide bonds. The highest BCUT2D eigenvalue weighted by Crippen LogP contribution is 2.39. The zero-order valence-corrected chi connectivity index (χ0v) is 13.8. The summed E-state index contributed by atoms with van der Waals surface area (Å²) in [7, 11) is -0.532. The van der Waals surface area contributed by atoms with E-state index in [2.05, 4.69) is 33.9 Å². The maximum absolute atomic E-state index is 11.6. The number of methoxy groups -OCH3 is 1. The van der Waals surface area contributed by atoms with Gasteiger partial charge in [-0.05, 0) is 24.2 Å². The number of hydrogen-bond donors (Lipinski definition) is 1. The van der Waals surface area contributed by atoms with Crippen molar-refractivity contribution in [3.8, 4) is 0 Å². The van der Waals surface area contributed by atoms with Crippen LogP contribution in [0.3, 0.4) is 0 Å². The molecule has 0 spiro atoms. The first-order valence-corrected chi connectivity index (χ1v) is 9.62. The Bertz CT molecular complexity index is 368. The topological polar surface area (TPSA) is 55.8 Å². The van der Waals surface area contributed by atoms with Gasteiger partial charge in [-0.25, -0.2) is 4.79 Å². The van der Waals surface area contributed by atoms with Crippen molar-refractivity contribution in [3.05, 3.63) is 11.6 Å². The summed E-state index contributed by atoms with van der Waals surface area (Å²) in [6, 6.07) is 0. The van der Waals surface area contributed by atoms with E-state index >= 15 is 0 Å². The van der Waals surface area contributed by atoms with Crippen LogP contribution < -0.4 is 0 Å². The van der Waals surface area contributed by atoms with Crippen molar-refractivity contribution >= 4 is 14.3 Å². The smallest absolute Gasteiger partial charge is 0.333 e. The molecule has 110 valence electrons. The van der Waals surface area contributed by atoms with Crippen molar-refractivity contribution in [2.75, 3.05) is 7.11 Å². The molecule has 0 bridgehead atoms. The zero-order valence-electron chi connectivity index (χ0n) is 12.8. The van der Waals surface area contributed by atoms with Crippen molar-refractivity contribution < 1.29 is 19.1 Å². The summed E-state index contributed by atoms with van der Waals surface area (Å²) in [5, 5.41) is 9.96. The van der Waals surface area contributed by atoms with Crippen molar-refractivity contribution in [1.82, 2.24) is 0 Å². The molecule has 0 radical (unpaired) electrons. The van der Waals surface area contributed by atoms with Crippen molar-refractivity contribution in [1.29, 1.82) is 0 Å². The number of esters is 1. The average molecular weight is 286 g/mol. The minimum absolute atomic E-state index is 0.102. The lowest BCUT2D eigenvalue weighted by atomic mass is 9.95. The van der Waals surface area contributed by atoms with Gasteiger partial charge in [-0.2, -0.15) is 0 Å². The average Bonchev–Trinajstić information content (AvgIpc) is 2.24. The van der Waals surface area contributed by atoms with Gasteiger partial charge in [0.25, 0.3) is 0 Å². The van der Waals surface area contributed by atoms with Crippen LogP contribution in [-0.4, -0.2) is 38.7 Å². The molecule has 1 aliphatic rings. The first-order chi connectivity index (χ1) is 8.56. The molecule has 0 fully saturated rings. The lowest BCUT2D eigenvalue weighted by molar-refractivity contribution is -0.136. The molecular weight excluding hydrogens is 260 g/mol. The molecule has 1 N–H and O–H groups in total. The summed E-state index contributed by atoms with van der Waals surface area (Å²) in [4.78, 5) is 11.6. The van der Waals surface area contributed by atoms with Crippen molar-refractivity contribution in [2.24, 2.45) is 0 Å². The lowest BCUT2D eigenvalue weighted by Gasteiger charge is -2.40. The SMILES string of the molecule is COC(=O)C1=C[C@H](O)C[C@H](O[Si](C)(C)C(C)(C)C)C1. The van der Waals surface area contributed by atoms with E-state index < -0.39 is 14.4 Å². The highest BCUT2D eigenvalue weighted by Gasteiger charge is 2.40. The Kier molecular flexibility index (Phi) is 4.98. The molecule has 0 aromatic rings. The molecule has 5 heteroatoms. The normalized spacial score (nSPS) is 24.9. The lowest BCUT2D eigenvalue weighted by Crippen LogP contribution is -2.45.